The molecule has 0 aliphatic heterocycles. The topological polar surface area (TPSA) is 63.4 Å². The monoisotopic (exact) mass is 256 g/mol. The van der Waals surface area contributed by atoms with E-state index in [1.54, 1.807) is 0 Å². The number of sulfonamides is 1. The second kappa shape index (κ2) is 6.14. The molecule has 0 atom stereocenters. The molecule has 0 bridgehead atoms. The lowest BCUT2D eigenvalue weighted by molar-refractivity contribution is 0.444. The Morgan fingerprint density at radius 1 is 1.12 bits per heavy atom. The van der Waals surface area contributed by atoms with Gasteiger partial charge in [0.05, 0.1) is 5.75 Å². The molecule has 1 aromatic carbocycles. The number of hydrogen-bond acceptors (Lipinski definition) is 3. The molecule has 0 amide bonds. The zero-order valence-corrected chi connectivity index (χ0v) is 11.2. The van der Waals surface area contributed by atoms with Crippen LogP contribution in [0.25, 0.3) is 0 Å². The molecule has 2 N–H and O–H groups in total. The summed E-state index contributed by atoms with van der Waals surface area (Å²) >= 11 is 0. The van der Waals surface area contributed by atoms with Crippen LogP contribution < -0.4 is 5.73 Å². The van der Waals surface area contributed by atoms with Crippen molar-refractivity contribution >= 4 is 10.0 Å². The highest BCUT2D eigenvalue weighted by atomic mass is 32.2. The molecule has 4 nitrogen and oxygen atoms in total. The summed E-state index contributed by atoms with van der Waals surface area (Å²) in [7, 11) is -3.23. The first-order valence-electron chi connectivity index (χ1n) is 5.79. The maximum Gasteiger partial charge on any atom is 0.218 e. The largest absolute Gasteiger partial charge is 0.326 e. The van der Waals surface area contributed by atoms with Crippen molar-refractivity contribution in [1.29, 1.82) is 0 Å². The Morgan fingerprint density at radius 3 is 2.12 bits per heavy atom. The van der Waals surface area contributed by atoms with Gasteiger partial charge in [0.15, 0.2) is 0 Å². The molecule has 0 aliphatic rings. The Labute approximate surface area is 103 Å². The Balaban J connectivity index is 2.97. The number of rotatable bonds is 6. The van der Waals surface area contributed by atoms with Crippen molar-refractivity contribution in [3.05, 3.63) is 35.4 Å². The lowest BCUT2D eigenvalue weighted by Crippen LogP contribution is -2.32. The molecule has 0 saturated heterocycles. The van der Waals surface area contributed by atoms with E-state index in [0.717, 1.165) is 11.1 Å². The fourth-order valence-corrected chi connectivity index (χ4v) is 3.45. The van der Waals surface area contributed by atoms with Gasteiger partial charge in [0, 0.05) is 19.6 Å². The van der Waals surface area contributed by atoms with E-state index in [9.17, 15) is 8.42 Å². The number of benzene rings is 1. The molecule has 1 rings (SSSR count). The first kappa shape index (κ1) is 14.2. The van der Waals surface area contributed by atoms with E-state index in [1.807, 2.05) is 38.1 Å². The number of hydrogen-bond donors (Lipinski definition) is 1. The van der Waals surface area contributed by atoms with Crippen LogP contribution in [0, 0.1) is 0 Å². The van der Waals surface area contributed by atoms with E-state index in [1.165, 1.54) is 4.31 Å². The second-order valence-electron chi connectivity index (χ2n) is 3.81. The van der Waals surface area contributed by atoms with Gasteiger partial charge >= 0.3 is 0 Å². The van der Waals surface area contributed by atoms with Crippen LogP contribution in [0.15, 0.2) is 24.3 Å². The average molecular weight is 256 g/mol. The molecule has 17 heavy (non-hydrogen) atoms. The molecule has 96 valence electrons. The van der Waals surface area contributed by atoms with Crippen LogP contribution in [0.2, 0.25) is 0 Å². The fourth-order valence-electron chi connectivity index (χ4n) is 1.80. The molecule has 0 aromatic heterocycles. The predicted molar refractivity (Wildman–Crippen MR) is 69.9 cm³/mol. The van der Waals surface area contributed by atoms with Crippen LogP contribution in [0.1, 0.15) is 25.0 Å². The zero-order valence-electron chi connectivity index (χ0n) is 10.4. The highest BCUT2D eigenvalue weighted by Crippen LogP contribution is 2.14. The summed E-state index contributed by atoms with van der Waals surface area (Å²) in [5, 5.41) is 0. The summed E-state index contributed by atoms with van der Waals surface area (Å²) in [6.45, 7) is 5.06. The Hall–Kier alpha value is -0.910. The molecule has 0 spiro atoms. The summed E-state index contributed by atoms with van der Waals surface area (Å²) in [5.41, 5.74) is 7.29. The van der Waals surface area contributed by atoms with Crippen LogP contribution in [0.5, 0.6) is 0 Å². The lowest BCUT2D eigenvalue weighted by Gasteiger charge is -2.19. The summed E-state index contributed by atoms with van der Waals surface area (Å²) in [6.07, 6.45) is 0. The van der Waals surface area contributed by atoms with Crippen molar-refractivity contribution in [3.8, 4) is 0 Å². The molecule has 1 aromatic rings. The van der Waals surface area contributed by atoms with E-state index in [4.69, 9.17) is 5.73 Å². The second-order valence-corrected chi connectivity index (χ2v) is 5.78. The van der Waals surface area contributed by atoms with E-state index < -0.39 is 10.0 Å². The predicted octanol–water partition coefficient (Wildman–Crippen LogP) is 1.32. The van der Waals surface area contributed by atoms with Gasteiger partial charge in [-0.25, -0.2) is 12.7 Å². The van der Waals surface area contributed by atoms with Crippen LogP contribution in [-0.4, -0.2) is 25.8 Å². The minimum absolute atomic E-state index is 0.0298. The van der Waals surface area contributed by atoms with Gasteiger partial charge in [-0.2, -0.15) is 0 Å². The van der Waals surface area contributed by atoms with Gasteiger partial charge in [0.1, 0.15) is 0 Å². The standard InChI is InChI=1S/C12H20N2O2S/c1-3-14(4-2)17(15,16)10-12-8-6-5-7-11(12)9-13/h5-8H,3-4,9-10,13H2,1-2H3. The Bertz CT molecular complexity index is 453. The summed E-state index contributed by atoms with van der Waals surface area (Å²) < 4.78 is 25.7. The normalized spacial score (nSPS) is 12.0. The third-order valence-electron chi connectivity index (χ3n) is 2.78. The Morgan fingerprint density at radius 2 is 1.65 bits per heavy atom. The van der Waals surface area contributed by atoms with Gasteiger partial charge in [0.2, 0.25) is 10.0 Å². The maximum absolute atomic E-state index is 12.1. The maximum atomic E-state index is 12.1. The van der Waals surface area contributed by atoms with Gasteiger partial charge < -0.3 is 5.73 Å². The molecule has 0 unspecified atom stereocenters. The summed E-state index contributed by atoms with van der Waals surface area (Å²) in [6, 6.07) is 7.40. The third kappa shape index (κ3) is 3.52. The van der Waals surface area contributed by atoms with Crippen molar-refractivity contribution in [2.45, 2.75) is 26.1 Å². The average Bonchev–Trinajstić information content (AvgIpc) is 2.30. The molecular weight excluding hydrogens is 236 g/mol. The SMILES string of the molecule is CCN(CC)S(=O)(=O)Cc1ccccc1CN. The van der Waals surface area contributed by atoms with E-state index in [-0.39, 0.29) is 5.75 Å². The summed E-state index contributed by atoms with van der Waals surface area (Å²) in [5.74, 6) is 0.0298. The van der Waals surface area contributed by atoms with Gasteiger partial charge in [0.25, 0.3) is 0 Å². The van der Waals surface area contributed by atoms with Crippen molar-refractivity contribution in [2.75, 3.05) is 13.1 Å². The zero-order chi connectivity index (χ0) is 12.9. The highest BCUT2D eigenvalue weighted by molar-refractivity contribution is 7.88. The van der Waals surface area contributed by atoms with Gasteiger partial charge in [-0.05, 0) is 11.1 Å². The van der Waals surface area contributed by atoms with Gasteiger partial charge in [-0.1, -0.05) is 38.1 Å². The molecule has 0 aliphatic carbocycles. The smallest absolute Gasteiger partial charge is 0.218 e. The molecule has 0 fully saturated rings. The lowest BCUT2D eigenvalue weighted by atomic mass is 10.1. The fraction of sp³-hybridized carbons (Fsp3) is 0.500. The first-order valence-corrected chi connectivity index (χ1v) is 7.40. The van der Waals surface area contributed by atoms with Crippen molar-refractivity contribution in [1.82, 2.24) is 4.31 Å². The third-order valence-corrected chi connectivity index (χ3v) is 4.75. The van der Waals surface area contributed by atoms with Crippen LogP contribution >= 0.6 is 0 Å². The Kier molecular flexibility index (Phi) is 5.11. The van der Waals surface area contributed by atoms with Crippen molar-refractivity contribution < 1.29 is 8.42 Å². The van der Waals surface area contributed by atoms with Crippen molar-refractivity contribution in [3.63, 3.8) is 0 Å². The van der Waals surface area contributed by atoms with Crippen LogP contribution in [0.4, 0.5) is 0 Å². The van der Waals surface area contributed by atoms with Gasteiger partial charge in [-0.15, -0.1) is 0 Å². The van der Waals surface area contributed by atoms with E-state index >= 15 is 0 Å². The molecular formula is C12H20N2O2S. The first-order chi connectivity index (χ1) is 8.05. The van der Waals surface area contributed by atoms with E-state index in [0.29, 0.717) is 19.6 Å². The van der Waals surface area contributed by atoms with Crippen LogP contribution in [-0.2, 0) is 22.3 Å². The highest BCUT2D eigenvalue weighted by Gasteiger charge is 2.20. The van der Waals surface area contributed by atoms with Gasteiger partial charge in [-0.3, -0.25) is 0 Å². The molecule has 0 radical (unpaired) electrons. The molecule has 0 heterocycles. The molecule has 5 heteroatoms. The summed E-state index contributed by atoms with van der Waals surface area (Å²) in [4.78, 5) is 0. The van der Waals surface area contributed by atoms with Crippen molar-refractivity contribution in [2.24, 2.45) is 5.73 Å². The quantitative estimate of drug-likeness (QED) is 0.835. The van der Waals surface area contributed by atoms with E-state index in [2.05, 4.69) is 0 Å². The number of nitrogens with zero attached hydrogens (tertiary/aromatic N) is 1. The molecule has 0 saturated carbocycles. The van der Waals surface area contributed by atoms with Crippen LogP contribution in [0.3, 0.4) is 0 Å². The minimum atomic E-state index is -3.23. The minimum Gasteiger partial charge on any atom is -0.326 e. The number of nitrogens with two attached hydrogens (primary N) is 1.